The molecule has 1 fully saturated rings. The van der Waals surface area contributed by atoms with Gasteiger partial charge in [-0.15, -0.1) is 11.3 Å². The number of hydrogen-bond donors (Lipinski definition) is 2. The Kier molecular flexibility index (Phi) is 8.22. The number of carbonyl (C=O) groups excluding carboxylic acids is 1. The number of thiophene rings is 1. The number of aryl methyl sites for hydroxylation is 2. The van der Waals surface area contributed by atoms with Crippen LogP contribution in [0.1, 0.15) is 65.5 Å². The van der Waals surface area contributed by atoms with Crippen LogP contribution in [0.5, 0.6) is 0 Å². The van der Waals surface area contributed by atoms with Crippen molar-refractivity contribution in [2.24, 2.45) is 0 Å². The van der Waals surface area contributed by atoms with Gasteiger partial charge in [-0.2, -0.15) is 0 Å². The van der Waals surface area contributed by atoms with Gasteiger partial charge in [0.15, 0.2) is 5.43 Å². The fraction of sp³-hybridized carbons (Fsp3) is 0.583. The monoisotopic (exact) mass is 522 g/mol. The van der Waals surface area contributed by atoms with Crippen molar-refractivity contribution in [2.75, 3.05) is 25.5 Å². The molecule has 1 aliphatic rings. The average Bonchev–Trinajstić information content (AvgIpc) is 3.02. The topological polar surface area (TPSA) is 68.4 Å². The van der Waals surface area contributed by atoms with Gasteiger partial charge in [0.2, 0.25) is 0 Å². The molecule has 32 heavy (non-hydrogen) atoms. The summed E-state index contributed by atoms with van der Waals surface area (Å²) in [5.74, 6) is -0.149. The van der Waals surface area contributed by atoms with Gasteiger partial charge in [-0.3, -0.25) is 9.59 Å². The van der Waals surface area contributed by atoms with Crippen molar-refractivity contribution in [2.45, 2.75) is 72.0 Å². The Morgan fingerprint density at radius 1 is 1.19 bits per heavy atom. The quantitative estimate of drug-likeness (QED) is 0.550. The first-order valence-corrected chi connectivity index (χ1v) is 12.9. The molecule has 2 aromatic rings. The van der Waals surface area contributed by atoms with Crippen LogP contribution < -0.4 is 15.6 Å². The smallest absolute Gasteiger partial charge is 0.253 e. The minimum atomic E-state index is -0.149. The van der Waals surface area contributed by atoms with Crippen LogP contribution in [0.25, 0.3) is 0 Å². The number of anilines is 1. The molecule has 0 bridgehead atoms. The summed E-state index contributed by atoms with van der Waals surface area (Å²) < 4.78 is 0.845. The number of aromatic amines is 1. The molecule has 1 aliphatic carbocycles. The SMILES string of the molecule is CCN(c1sc(Br)c(C(=O)NCc2c(C)[nH]c(C)cc2=O)c1C)[C@H]1CC[C@H](N(C)C)CC1. The van der Waals surface area contributed by atoms with Crippen LogP contribution in [-0.4, -0.2) is 48.5 Å². The second-order valence-electron chi connectivity index (χ2n) is 9.00. The molecule has 2 heterocycles. The first kappa shape index (κ1) is 25.0. The Hall–Kier alpha value is -1.64. The van der Waals surface area contributed by atoms with Gasteiger partial charge in [-0.25, -0.2) is 0 Å². The number of amides is 1. The molecule has 0 spiro atoms. The molecule has 0 aromatic carbocycles. The fourth-order valence-electron chi connectivity index (χ4n) is 4.81. The largest absolute Gasteiger partial charge is 0.362 e. The number of nitrogens with one attached hydrogen (secondary N) is 2. The number of nitrogens with zero attached hydrogens (tertiary/aromatic N) is 2. The van der Waals surface area contributed by atoms with Crippen molar-refractivity contribution in [1.82, 2.24) is 15.2 Å². The zero-order valence-corrected chi connectivity index (χ0v) is 22.4. The highest BCUT2D eigenvalue weighted by molar-refractivity contribution is 9.11. The van der Waals surface area contributed by atoms with E-state index in [9.17, 15) is 9.59 Å². The van der Waals surface area contributed by atoms with Gasteiger partial charge in [-0.1, -0.05) is 0 Å². The number of halogens is 1. The molecule has 8 heteroatoms. The van der Waals surface area contributed by atoms with Crippen LogP contribution >= 0.6 is 27.3 Å². The molecule has 176 valence electrons. The van der Waals surface area contributed by atoms with Gasteiger partial charge >= 0.3 is 0 Å². The lowest BCUT2D eigenvalue weighted by atomic mass is 9.89. The molecular formula is C24H35BrN4O2S. The Morgan fingerprint density at radius 3 is 2.38 bits per heavy atom. The molecule has 2 aromatic heterocycles. The molecule has 1 saturated carbocycles. The van der Waals surface area contributed by atoms with Crippen LogP contribution in [0.2, 0.25) is 0 Å². The van der Waals surface area contributed by atoms with Gasteiger partial charge in [0.1, 0.15) is 0 Å². The maximum Gasteiger partial charge on any atom is 0.253 e. The molecule has 1 amide bonds. The molecule has 3 rings (SSSR count). The summed E-state index contributed by atoms with van der Waals surface area (Å²) in [6, 6.07) is 2.74. The molecule has 0 atom stereocenters. The number of aromatic nitrogens is 1. The summed E-state index contributed by atoms with van der Waals surface area (Å²) in [7, 11) is 4.33. The van der Waals surface area contributed by atoms with Crippen molar-refractivity contribution in [1.29, 1.82) is 0 Å². The van der Waals surface area contributed by atoms with Crippen molar-refractivity contribution in [3.63, 3.8) is 0 Å². The third-order valence-electron chi connectivity index (χ3n) is 6.65. The van der Waals surface area contributed by atoms with E-state index < -0.39 is 0 Å². The van der Waals surface area contributed by atoms with Gasteiger partial charge in [0.05, 0.1) is 14.4 Å². The lowest BCUT2D eigenvalue weighted by molar-refractivity contribution is 0.0950. The predicted octanol–water partition coefficient (Wildman–Crippen LogP) is 4.75. The highest BCUT2D eigenvalue weighted by atomic mass is 79.9. The van der Waals surface area contributed by atoms with Crippen molar-refractivity contribution < 1.29 is 4.79 Å². The van der Waals surface area contributed by atoms with E-state index in [1.165, 1.54) is 30.7 Å². The Labute approximate surface area is 203 Å². The second kappa shape index (κ2) is 10.5. The number of rotatable bonds is 7. The Morgan fingerprint density at radius 2 is 1.81 bits per heavy atom. The minimum Gasteiger partial charge on any atom is -0.362 e. The molecular weight excluding hydrogens is 488 g/mol. The van der Waals surface area contributed by atoms with Crippen LogP contribution in [0.4, 0.5) is 5.00 Å². The molecule has 2 N–H and O–H groups in total. The van der Waals surface area contributed by atoms with E-state index in [0.717, 1.165) is 27.3 Å². The zero-order valence-electron chi connectivity index (χ0n) is 20.0. The van der Waals surface area contributed by atoms with Crippen molar-refractivity contribution in [3.05, 3.63) is 48.2 Å². The first-order valence-electron chi connectivity index (χ1n) is 11.3. The summed E-state index contributed by atoms with van der Waals surface area (Å²) in [4.78, 5) is 33.4. The summed E-state index contributed by atoms with van der Waals surface area (Å²) in [6.45, 7) is 9.08. The maximum absolute atomic E-state index is 13.1. The van der Waals surface area contributed by atoms with E-state index in [4.69, 9.17) is 0 Å². The number of hydrogen-bond acceptors (Lipinski definition) is 5. The van der Waals surface area contributed by atoms with E-state index in [0.29, 0.717) is 23.2 Å². The third kappa shape index (κ3) is 5.29. The summed E-state index contributed by atoms with van der Waals surface area (Å²) in [5.41, 5.74) is 3.84. The lowest BCUT2D eigenvalue weighted by Crippen LogP contribution is -2.42. The van der Waals surface area contributed by atoms with Gasteiger partial charge in [0, 0.05) is 48.2 Å². The summed E-state index contributed by atoms with van der Waals surface area (Å²) in [5, 5.41) is 4.13. The molecule has 0 unspecified atom stereocenters. The van der Waals surface area contributed by atoms with Crippen molar-refractivity contribution >= 4 is 38.2 Å². The van der Waals surface area contributed by atoms with E-state index in [2.05, 4.69) is 57.0 Å². The Bertz CT molecular complexity index is 1020. The lowest BCUT2D eigenvalue weighted by Gasteiger charge is -2.39. The van der Waals surface area contributed by atoms with Crippen LogP contribution in [0.3, 0.4) is 0 Å². The summed E-state index contributed by atoms with van der Waals surface area (Å²) >= 11 is 5.28. The number of pyridine rings is 1. The molecule has 0 saturated heterocycles. The van der Waals surface area contributed by atoms with E-state index in [1.807, 2.05) is 20.8 Å². The maximum atomic E-state index is 13.1. The molecule has 0 aliphatic heterocycles. The van der Waals surface area contributed by atoms with Gasteiger partial charge < -0.3 is 20.1 Å². The van der Waals surface area contributed by atoms with E-state index in [1.54, 1.807) is 17.4 Å². The van der Waals surface area contributed by atoms with Crippen molar-refractivity contribution in [3.8, 4) is 0 Å². The molecule has 6 nitrogen and oxygen atoms in total. The van der Waals surface area contributed by atoms with Gasteiger partial charge in [-0.05, 0) is 89.0 Å². The fourth-order valence-corrected chi connectivity index (χ4v) is 6.91. The highest BCUT2D eigenvalue weighted by Crippen LogP contribution is 2.41. The van der Waals surface area contributed by atoms with E-state index >= 15 is 0 Å². The normalized spacial score (nSPS) is 18.8. The average molecular weight is 524 g/mol. The number of carbonyl (C=O) groups is 1. The third-order valence-corrected chi connectivity index (χ3v) is 8.65. The Balaban J connectivity index is 1.76. The molecule has 0 radical (unpaired) electrons. The van der Waals surface area contributed by atoms with Crippen LogP contribution in [-0.2, 0) is 6.54 Å². The zero-order chi connectivity index (χ0) is 23.6. The summed E-state index contributed by atoms with van der Waals surface area (Å²) in [6.07, 6.45) is 4.75. The predicted molar refractivity (Wildman–Crippen MR) is 137 cm³/mol. The second-order valence-corrected chi connectivity index (χ2v) is 11.3. The van der Waals surface area contributed by atoms with Gasteiger partial charge in [0.25, 0.3) is 5.91 Å². The van der Waals surface area contributed by atoms with E-state index in [-0.39, 0.29) is 17.9 Å². The van der Waals surface area contributed by atoms with Crippen LogP contribution in [0, 0.1) is 20.8 Å². The minimum absolute atomic E-state index is 0.0497. The first-order chi connectivity index (χ1) is 15.1. The highest BCUT2D eigenvalue weighted by Gasteiger charge is 2.30. The number of H-pyrrole nitrogens is 1. The standard InChI is InChI=1S/C24H35BrN4O2S/c1-7-29(18-10-8-17(9-11-18)28(5)6)24-15(3)21(22(25)32-24)23(31)26-13-19-16(4)27-14(2)12-20(19)30/h12,17-18H,7-11,13H2,1-6H3,(H,26,31)(H,27,30)/t17-,18-. The van der Waals surface area contributed by atoms with Crippen LogP contribution in [0.15, 0.2) is 14.6 Å².